The van der Waals surface area contributed by atoms with E-state index < -0.39 is 22.8 Å². The van der Waals surface area contributed by atoms with E-state index in [1.807, 2.05) is 27.7 Å². The number of carboxylic acids is 1. The lowest BCUT2D eigenvalue weighted by Crippen LogP contribution is -2.33. The number of rotatable bonds is 2. The molecule has 0 aromatic heterocycles. The van der Waals surface area contributed by atoms with Crippen molar-refractivity contribution in [1.82, 2.24) is 0 Å². The maximum Gasteiger partial charge on any atom is 0.345 e. The molecule has 1 atom stereocenters. The molecule has 0 fully saturated rings. The van der Waals surface area contributed by atoms with Crippen LogP contribution in [-0.2, 0) is 4.79 Å². The number of hydrogen-bond donors (Lipinski definition) is 1. The van der Waals surface area contributed by atoms with Gasteiger partial charge in [-0.25, -0.2) is 4.79 Å². The lowest BCUT2D eigenvalue weighted by Gasteiger charge is -2.21. The summed E-state index contributed by atoms with van der Waals surface area (Å²) in [6.07, 6.45) is -1.54. The SMILES string of the molecule is CC.CC.O=C1CC(C(=O)O)Oc2ccc([N+](=O)[O-])cc21. The Kier molecular flexibility index (Phi) is 7.67. The highest BCUT2D eigenvalue weighted by atomic mass is 16.6. The number of Topliss-reactive ketones (excluding diaryl/α,β-unsaturated/α-hetero) is 1. The zero-order valence-corrected chi connectivity index (χ0v) is 12.5. The number of aliphatic carboxylic acids is 1. The third-order valence-corrected chi connectivity index (χ3v) is 2.39. The molecule has 21 heavy (non-hydrogen) atoms. The van der Waals surface area contributed by atoms with Gasteiger partial charge in [0, 0.05) is 12.1 Å². The number of ketones is 1. The molecule has 0 aliphatic carbocycles. The number of carbonyl (C=O) groups is 2. The minimum Gasteiger partial charge on any atom is -0.478 e. The van der Waals surface area contributed by atoms with Crippen molar-refractivity contribution in [1.29, 1.82) is 0 Å². The summed E-state index contributed by atoms with van der Waals surface area (Å²) in [5.41, 5.74) is -0.175. The summed E-state index contributed by atoms with van der Waals surface area (Å²) in [5.74, 6) is -1.64. The van der Waals surface area contributed by atoms with Crippen LogP contribution in [-0.4, -0.2) is 27.9 Å². The van der Waals surface area contributed by atoms with Gasteiger partial charge in [-0.3, -0.25) is 14.9 Å². The average molecular weight is 297 g/mol. The summed E-state index contributed by atoms with van der Waals surface area (Å²) in [6.45, 7) is 8.00. The van der Waals surface area contributed by atoms with Crippen LogP contribution in [0.1, 0.15) is 44.5 Å². The minimum atomic E-state index is -1.23. The molecule has 0 saturated heterocycles. The van der Waals surface area contributed by atoms with E-state index in [2.05, 4.69) is 0 Å². The van der Waals surface area contributed by atoms with E-state index in [1.165, 1.54) is 6.07 Å². The van der Waals surface area contributed by atoms with Crippen LogP contribution in [0.15, 0.2) is 18.2 Å². The van der Waals surface area contributed by atoms with E-state index in [9.17, 15) is 19.7 Å². The lowest BCUT2D eigenvalue weighted by molar-refractivity contribution is -0.384. The molecule has 0 bridgehead atoms. The Morgan fingerprint density at radius 3 is 2.38 bits per heavy atom. The largest absolute Gasteiger partial charge is 0.478 e. The Morgan fingerprint density at radius 2 is 1.90 bits per heavy atom. The minimum absolute atomic E-state index is 0.0525. The average Bonchev–Trinajstić information content (AvgIpc) is 2.50. The topological polar surface area (TPSA) is 107 Å². The highest BCUT2D eigenvalue weighted by Gasteiger charge is 2.32. The van der Waals surface area contributed by atoms with Crippen molar-refractivity contribution in [2.24, 2.45) is 0 Å². The van der Waals surface area contributed by atoms with E-state index in [-0.39, 0.29) is 23.4 Å². The second kappa shape index (κ2) is 8.68. The molecular formula is C14H19NO6. The van der Waals surface area contributed by atoms with Crippen LogP contribution in [0.4, 0.5) is 5.69 Å². The Bertz CT molecular complexity index is 526. The summed E-state index contributed by atoms with van der Waals surface area (Å²) in [4.78, 5) is 32.2. The molecule has 1 unspecified atom stereocenters. The van der Waals surface area contributed by atoms with E-state index in [4.69, 9.17) is 9.84 Å². The molecule has 0 spiro atoms. The van der Waals surface area contributed by atoms with Gasteiger partial charge in [0.2, 0.25) is 6.10 Å². The quantitative estimate of drug-likeness (QED) is 0.664. The predicted octanol–water partition coefficient (Wildman–Crippen LogP) is 3.07. The number of nitrogens with zero attached hydrogens (tertiary/aromatic N) is 1. The smallest absolute Gasteiger partial charge is 0.345 e. The molecule has 1 aromatic rings. The maximum absolute atomic E-state index is 11.6. The monoisotopic (exact) mass is 297 g/mol. The normalized spacial score (nSPS) is 15.2. The molecular weight excluding hydrogens is 278 g/mol. The van der Waals surface area contributed by atoms with Crippen molar-refractivity contribution in [2.75, 3.05) is 0 Å². The molecule has 1 aliphatic rings. The first-order valence-electron chi connectivity index (χ1n) is 6.70. The Labute approximate surface area is 122 Å². The van der Waals surface area contributed by atoms with Gasteiger partial charge in [-0.2, -0.15) is 0 Å². The molecule has 2 rings (SSSR count). The number of fused-ring (bicyclic) bond motifs is 1. The van der Waals surface area contributed by atoms with Crippen molar-refractivity contribution in [3.8, 4) is 5.75 Å². The third kappa shape index (κ3) is 4.55. The molecule has 1 aromatic carbocycles. The molecule has 7 nitrogen and oxygen atoms in total. The van der Waals surface area contributed by atoms with Crippen LogP contribution >= 0.6 is 0 Å². The van der Waals surface area contributed by atoms with Crippen LogP contribution in [0, 0.1) is 10.1 Å². The molecule has 0 amide bonds. The van der Waals surface area contributed by atoms with Crippen molar-refractivity contribution >= 4 is 17.4 Å². The first-order valence-corrected chi connectivity index (χ1v) is 6.70. The number of non-ortho nitro benzene ring substituents is 1. The maximum atomic E-state index is 11.6. The lowest BCUT2D eigenvalue weighted by atomic mass is 10.0. The summed E-state index contributed by atoms with van der Waals surface area (Å²) in [7, 11) is 0. The Morgan fingerprint density at radius 1 is 1.33 bits per heavy atom. The van der Waals surface area contributed by atoms with Gasteiger partial charge in [0.15, 0.2) is 5.78 Å². The Hall–Kier alpha value is -2.44. The van der Waals surface area contributed by atoms with Gasteiger partial charge in [-0.1, -0.05) is 27.7 Å². The van der Waals surface area contributed by atoms with Crippen molar-refractivity contribution < 1.29 is 24.4 Å². The van der Waals surface area contributed by atoms with Crippen LogP contribution in [0.5, 0.6) is 5.75 Å². The fraction of sp³-hybridized carbons (Fsp3) is 0.429. The molecule has 7 heteroatoms. The van der Waals surface area contributed by atoms with Crippen molar-refractivity contribution in [3.63, 3.8) is 0 Å². The van der Waals surface area contributed by atoms with Gasteiger partial charge < -0.3 is 9.84 Å². The molecule has 1 N–H and O–H groups in total. The van der Waals surface area contributed by atoms with E-state index >= 15 is 0 Å². The third-order valence-electron chi connectivity index (χ3n) is 2.39. The summed E-state index contributed by atoms with van der Waals surface area (Å²) in [6, 6.07) is 3.49. The zero-order chi connectivity index (χ0) is 16.6. The van der Waals surface area contributed by atoms with Gasteiger partial charge >= 0.3 is 5.97 Å². The summed E-state index contributed by atoms with van der Waals surface area (Å²) < 4.78 is 5.06. The predicted molar refractivity (Wildman–Crippen MR) is 76.8 cm³/mol. The first-order chi connectivity index (χ1) is 9.99. The number of benzene rings is 1. The van der Waals surface area contributed by atoms with Gasteiger partial charge in [-0.05, 0) is 6.07 Å². The van der Waals surface area contributed by atoms with Crippen LogP contribution < -0.4 is 4.74 Å². The van der Waals surface area contributed by atoms with Crippen LogP contribution in [0.25, 0.3) is 0 Å². The molecule has 0 saturated carbocycles. The molecule has 1 heterocycles. The van der Waals surface area contributed by atoms with E-state index in [0.717, 1.165) is 12.1 Å². The second-order valence-electron chi connectivity index (χ2n) is 3.51. The van der Waals surface area contributed by atoms with E-state index in [1.54, 1.807) is 0 Å². The van der Waals surface area contributed by atoms with Crippen LogP contribution in [0.2, 0.25) is 0 Å². The first kappa shape index (κ1) is 18.6. The fourth-order valence-corrected chi connectivity index (χ4v) is 1.56. The van der Waals surface area contributed by atoms with E-state index in [0.29, 0.717) is 0 Å². The molecule has 0 radical (unpaired) electrons. The molecule has 1 aliphatic heterocycles. The van der Waals surface area contributed by atoms with Crippen molar-refractivity contribution in [2.45, 2.75) is 40.2 Å². The van der Waals surface area contributed by atoms with Gasteiger partial charge in [0.25, 0.3) is 5.69 Å². The summed E-state index contributed by atoms with van der Waals surface area (Å²) >= 11 is 0. The second-order valence-corrected chi connectivity index (χ2v) is 3.51. The van der Waals surface area contributed by atoms with Gasteiger partial charge in [0.1, 0.15) is 5.75 Å². The zero-order valence-electron chi connectivity index (χ0n) is 12.5. The number of hydrogen-bond acceptors (Lipinski definition) is 5. The number of ether oxygens (including phenoxy) is 1. The highest BCUT2D eigenvalue weighted by molar-refractivity contribution is 6.02. The molecule has 116 valence electrons. The van der Waals surface area contributed by atoms with Gasteiger partial charge in [-0.15, -0.1) is 0 Å². The summed E-state index contributed by atoms with van der Waals surface area (Å²) in [5, 5.41) is 19.3. The highest BCUT2D eigenvalue weighted by Crippen LogP contribution is 2.30. The number of carbonyl (C=O) groups excluding carboxylic acids is 1. The standard InChI is InChI=1S/C10H7NO6.2C2H6/c12-7-4-9(10(13)14)17-8-2-1-5(11(15)16)3-6(7)8;2*1-2/h1-3,9H,4H2,(H,13,14);2*1-2H3. The van der Waals surface area contributed by atoms with Crippen LogP contribution in [0.3, 0.4) is 0 Å². The fourth-order valence-electron chi connectivity index (χ4n) is 1.56. The van der Waals surface area contributed by atoms with Crippen molar-refractivity contribution in [3.05, 3.63) is 33.9 Å². The number of nitro groups is 1. The number of carboxylic acid groups (broad SMARTS) is 1. The van der Waals surface area contributed by atoms with Gasteiger partial charge in [0.05, 0.1) is 16.9 Å². The number of nitro benzene ring substituents is 1. The Balaban J connectivity index is 0.000000921.